The summed E-state index contributed by atoms with van der Waals surface area (Å²) in [6.07, 6.45) is 3.99. The van der Waals surface area contributed by atoms with Gasteiger partial charge in [0.1, 0.15) is 17.9 Å². The van der Waals surface area contributed by atoms with Crippen LogP contribution in [0.2, 0.25) is 0 Å². The minimum Gasteiger partial charge on any atom is -0.473 e. The van der Waals surface area contributed by atoms with Gasteiger partial charge in [0.25, 0.3) is 0 Å². The summed E-state index contributed by atoms with van der Waals surface area (Å²) < 4.78 is 28.0. The van der Waals surface area contributed by atoms with Gasteiger partial charge in [-0.3, -0.25) is 0 Å². The van der Waals surface area contributed by atoms with Crippen molar-refractivity contribution in [2.75, 3.05) is 13.2 Å². The first-order valence-electron chi connectivity index (χ1n) is 9.07. The number of ether oxygens (including phenoxy) is 2. The first-order chi connectivity index (χ1) is 12.6. The molecule has 4 nitrogen and oxygen atoms in total. The van der Waals surface area contributed by atoms with Crippen LogP contribution in [-0.2, 0) is 11.3 Å². The number of fused-ring (bicyclic) bond motifs is 1. The van der Waals surface area contributed by atoms with Crippen LogP contribution >= 0.6 is 12.4 Å². The van der Waals surface area contributed by atoms with E-state index in [0.717, 1.165) is 36.0 Å². The summed E-state index contributed by atoms with van der Waals surface area (Å²) in [6, 6.07) is 8.88. The Kier molecular flexibility index (Phi) is 6.02. The average molecular weight is 391 g/mol. The molecule has 0 N–H and O–H groups in total. The number of benzene rings is 1. The van der Waals surface area contributed by atoms with E-state index in [0.29, 0.717) is 24.6 Å². The Labute approximate surface area is 164 Å². The van der Waals surface area contributed by atoms with E-state index in [1.807, 2.05) is 18.2 Å². The second kappa shape index (κ2) is 8.28. The Balaban J connectivity index is 0.00000210. The zero-order valence-corrected chi connectivity index (χ0v) is 16.4. The summed E-state index contributed by atoms with van der Waals surface area (Å²) in [7, 11) is 0. The Hall–Kier alpha value is -2.11. The van der Waals surface area contributed by atoms with Crippen LogP contribution in [0, 0.1) is 19.7 Å². The molecule has 144 valence electrons. The van der Waals surface area contributed by atoms with Gasteiger partial charge in [0.15, 0.2) is 0 Å². The number of halogens is 2. The largest absolute Gasteiger partial charge is 0.473 e. The lowest BCUT2D eigenvalue weighted by Crippen LogP contribution is -2.17. The lowest BCUT2D eigenvalue weighted by molar-refractivity contribution is 0.0668. The molecule has 1 atom stereocenters. The van der Waals surface area contributed by atoms with Crippen LogP contribution in [0.3, 0.4) is 0 Å². The van der Waals surface area contributed by atoms with Crippen LogP contribution in [0.15, 0.2) is 36.5 Å². The minimum absolute atomic E-state index is 0. The zero-order valence-electron chi connectivity index (χ0n) is 15.6. The number of aryl methyl sites for hydroxylation is 1. The number of rotatable bonds is 5. The van der Waals surface area contributed by atoms with Crippen LogP contribution in [0.25, 0.3) is 10.9 Å². The molecule has 1 unspecified atom stereocenters. The van der Waals surface area contributed by atoms with E-state index >= 15 is 0 Å². The molecule has 0 aliphatic carbocycles. The van der Waals surface area contributed by atoms with Gasteiger partial charge in [-0.25, -0.2) is 9.37 Å². The number of pyridine rings is 1. The molecule has 4 rings (SSSR count). The topological polar surface area (TPSA) is 36.3 Å². The number of hydrogen-bond acceptors (Lipinski definition) is 3. The van der Waals surface area contributed by atoms with E-state index in [4.69, 9.17) is 9.47 Å². The highest BCUT2D eigenvalue weighted by atomic mass is 35.5. The van der Waals surface area contributed by atoms with Crippen LogP contribution in [0.5, 0.6) is 5.88 Å². The van der Waals surface area contributed by atoms with Crippen LogP contribution in [0.4, 0.5) is 4.39 Å². The molecule has 3 heterocycles. The predicted molar refractivity (Wildman–Crippen MR) is 106 cm³/mol. The molecular weight excluding hydrogens is 367 g/mol. The lowest BCUT2D eigenvalue weighted by Gasteiger charge is -2.14. The number of hydrogen-bond donors (Lipinski definition) is 0. The summed E-state index contributed by atoms with van der Waals surface area (Å²) in [6.45, 7) is 5.88. The van der Waals surface area contributed by atoms with Gasteiger partial charge in [-0.05, 0) is 44.4 Å². The fraction of sp³-hybridized carbons (Fsp3) is 0.381. The average Bonchev–Trinajstić information content (AvgIpc) is 3.25. The molecule has 6 heteroatoms. The third-order valence-corrected chi connectivity index (χ3v) is 5.23. The summed E-state index contributed by atoms with van der Waals surface area (Å²) >= 11 is 0. The van der Waals surface area contributed by atoms with Crippen molar-refractivity contribution in [2.24, 2.45) is 0 Å². The molecule has 0 saturated carbocycles. The fourth-order valence-corrected chi connectivity index (χ4v) is 3.61. The maximum absolute atomic E-state index is 14.2. The smallest absolute Gasteiger partial charge is 0.238 e. The highest BCUT2D eigenvalue weighted by Gasteiger charge is 2.20. The van der Waals surface area contributed by atoms with Crippen molar-refractivity contribution in [2.45, 2.75) is 39.3 Å². The van der Waals surface area contributed by atoms with Gasteiger partial charge >= 0.3 is 0 Å². The summed E-state index contributed by atoms with van der Waals surface area (Å²) in [4.78, 5) is 4.45. The van der Waals surface area contributed by atoms with E-state index in [-0.39, 0.29) is 24.3 Å². The number of aromatic nitrogens is 2. The third-order valence-electron chi connectivity index (χ3n) is 5.23. The highest BCUT2D eigenvalue weighted by Crippen LogP contribution is 2.32. The molecule has 3 aromatic rings. The molecule has 0 spiro atoms. The Bertz CT molecular complexity index is 935. The number of nitrogens with zero attached hydrogens (tertiary/aromatic N) is 2. The van der Waals surface area contributed by atoms with Crippen molar-refractivity contribution >= 4 is 23.3 Å². The maximum atomic E-state index is 14.2. The normalized spacial score (nSPS) is 16.5. The van der Waals surface area contributed by atoms with Gasteiger partial charge in [-0.2, -0.15) is 0 Å². The first-order valence-corrected chi connectivity index (χ1v) is 9.07. The van der Waals surface area contributed by atoms with Crippen LogP contribution < -0.4 is 4.74 Å². The Morgan fingerprint density at radius 1 is 1.26 bits per heavy atom. The Morgan fingerprint density at radius 2 is 2.07 bits per heavy atom. The summed E-state index contributed by atoms with van der Waals surface area (Å²) in [5, 5.41) is 1.09. The molecule has 1 aliphatic rings. The van der Waals surface area contributed by atoms with Gasteiger partial charge in [0, 0.05) is 29.4 Å². The lowest BCUT2D eigenvalue weighted by atomic mass is 10.2. The maximum Gasteiger partial charge on any atom is 0.238 e. The van der Waals surface area contributed by atoms with E-state index in [1.54, 1.807) is 12.3 Å². The van der Waals surface area contributed by atoms with E-state index in [2.05, 4.69) is 23.4 Å². The molecule has 1 aliphatic heterocycles. The molecule has 0 radical (unpaired) electrons. The van der Waals surface area contributed by atoms with Crippen molar-refractivity contribution < 1.29 is 13.9 Å². The van der Waals surface area contributed by atoms with E-state index in [9.17, 15) is 4.39 Å². The summed E-state index contributed by atoms with van der Waals surface area (Å²) in [5.41, 5.74) is 3.84. The Morgan fingerprint density at radius 3 is 2.81 bits per heavy atom. The van der Waals surface area contributed by atoms with Crippen molar-refractivity contribution in [1.29, 1.82) is 0 Å². The van der Waals surface area contributed by atoms with Crippen molar-refractivity contribution in [3.63, 3.8) is 0 Å². The van der Waals surface area contributed by atoms with Crippen molar-refractivity contribution in [1.82, 2.24) is 9.55 Å². The standard InChI is InChI=1S/C21H23FN2O2.ClH/c1-14-15(2)24(12-16-6-3-4-8-19(16)22)20-18(14)9-10-23-21(20)26-13-17-7-5-11-25-17;/h3-4,6,8-10,17H,5,7,11-13H2,1-2H3;1H. The third kappa shape index (κ3) is 3.80. The van der Waals surface area contributed by atoms with Gasteiger partial charge in [0.2, 0.25) is 5.88 Å². The molecular formula is C21H24ClFN2O2. The van der Waals surface area contributed by atoms with Crippen LogP contribution in [0.1, 0.15) is 29.7 Å². The summed E-state index contributed by atoms with van der Waals surface area (Å²) in [5.74, 6) is 0.391. The first kappa shape index (κ1) is 19.6. The quantitative estimate of drug-likeness (QED) is 0.626. The van der Waals surface area contributed by atoms with Crippen molar-refractivity contribution in [3.05, 3.63) is 59.2 Å². The monoisotopic (exact) mass is 390 g/mol. The van der Waals surface area contributed by atoms with Gasteiger partial charge in [-0.1, -0.05) is 18.2 Å². The second-order valence-electron chi connectivity index (χ2n) is 6.85. The molecule has 1 saturated heterocycles. The molecule has 0 bridgehead atoms. The molecule has 1 aromatic carbocycles. The second-order valence-corrected chi connectivity index (χ2v) is 6.85. The van der Waals surface area contributed by atoms with Crippen LogP contribution in [-0.4, -0.2) is 28.9 Å². The molecule has 1 fully saturated rings. The SMILES string of the molecule is Cc1c(C)n(Cc2ccccc2F)c2c(OCC3CCCO3)nccc12.Cl. The van der Waals surface area contributed by atoms with E-state index < -0.39 is 0 Å². The zero-order chi connectivity index (χ0) is 18.1. The predicted octanol–water partition coefficient (Wildman–Crippen LogP) is 4.82. The fourth-order valence-electron chi connectivity index (χ4n) is 3.61. The molecule has 0 amide bonds. The molecule has 2 aromatic heterocycles. The van der Waals surface area contributed by atoms with E-state index in [1.165, 1.54) is 11.6 Å². The van der Waals surface area contributed by atoms with Gasteiger partial charge in [-0.15, -0.1) is 12.4 Å². The van der Waals surface area contributed by atoms with Crippen molar-refractivity contribution in [3.8, 4) is 5.88 Å². The van der Waals surface area contributed by atoms with Gasteiger partial charge in [0.05, 0.1) is 12.6 Å². The highest BCUT2D eigenvalue weighted by molar-refractivity contribution is 5.89. The minimum atomic E-state index is -0.197. The van der Waals surface area contributed by atoms with Gasteiger partial charge < -0.3 is 14.0 Å². The molecule has 27 heavy (non-hydrogen) atoms.